The van der Waals surface area contributed by atoms with E-state index in [4.69, 9.17) is 4.42 Å². The summed E-state index contributed by atoms with van der Waals surface area (Å²) < 4.78 is 184. The zero-order chi connectivity index (χ0) is 51.2. The molecule has 4 aromatic rings. The summed E-state index contributed by atoms with van der Waals surface area (Å²) in [5.74, 6) is -0.244. The van der Waals surface area contributed by atoms with Crippen molar-refractivity contribution in [3.63, 3.8) is 0 Å². The first-order valence-electron chi connectivity index (χ1n) is 20.5. The quantitative estimate of drug-likeness (QED) is 0.0494. The topological polar surface area (TPSA) is 301 Å². The van der Waals surface area contributed by atoms with Gasteiger partial charge in [0.05, 0.1) is 21.6 Å². The normalized spacial score (nSPS) is 13.7. The van der Waals surface area contributed by atoms with Gasteiger partial charge in [-0.2, -0.15) is 33.7 Å². The lowest BCUT2D eigenvalue weighted by atomic mass is 9.82. The van der Waals surface area contributed by atoms with Crippen molar-refractivity contribution in [2.75, 3.05) is 5.32 Å². The highest BCUT2D eigenvalue weighted by atomic mass is 32.2. The van der Waals surface area contributed by atoms with Crippen LogP contribution in [0, 0.1) is 47.0 Å². The van der Waals surface area contributed by atoms with Crippen LogP contribution in [0.3, 0.4) is 0 Å². The summed E-state index contributed by atoms with van der Waals surface area (Å²) in [6.07, 6.45) is 0.367. The first-order chi connectivity index (χ1) is 30.8. The van der Waals surface area contributed by atoms with Gasteiger partial charge in [0.15, 0.2) is 0 Å². The predicted molar refractivity (Wildman–Crippen MR) is 256 cm³/mol. The monoisotopic (exact) mass is 1030 g/mol. The van der Waals surface area contributed by atoms with Gasteiger partial charge in [-0.15, -0.1) is 0 Å². The second kappa shape index (κ2) is 17.4. The molecule has 0 amide bonds. The number of hydrogen-bond acceptors (Lipinski definition) is 13. The molecule has 68 heavy (non-hydrogen) atoms. The first kappa shape index (κ1) is 52.3. The molecule has 1 heterocycles. The van der Waals surface area contributed by atoms with E-state index >= 15 is 0 Å². The maximum absolute atomic E-state index is 14.6. The molecule has 4 aromatic carbocycles. The molecular weight excluding hydrogens is 983 g/mol. The Morgan fingerprint density at radius 2 is 1.13 bits per heavy atom. The van der Waals surface area contributed by atoms with Crippen LogP contribution in [0.4, 0.5) is 17.1 Å². The van der Waals surface area contributed by atoms with Crippen LogP contribution in [0.2, 0.25) is 0 Å². The minimum absolute atomic E-state index is 0.0147. The van der Waals surface area contributed by atoms with Gasteiger partial charge in [0, 0.05) is 45.4 Å². The van der Waals surface area contributed by atoms with Crippen molar-refractivity contribution in [3.8, 4) is 22.5 Å². The summed E-state index contributed by atoms with van der Waals surface area (Å²) in [5.41, 5.74) is -1.67. The van der Waals surface area contributed by atoms with Crippen LogP contribution in [0.15, 0.2) is 94.6 Å². The highest BCUT2D eigenvalue weighted by Gasteiger charge is 2.34. The van der Waals surface area contributed by atoms with E-state index in [-0.39, 0.29) is 83.0 Å². The standard InChI is InChI=1S/C45H51N3O15S5/c1-23-16-25(3)42(67(57,58)59)27(5)40(23)46-32-20-34-30(18-37(32)65(51,52)53)39(29-14-12-13-15-36(29)64(49,50)48-45(10,11)22-44(7,8)9)31-19-38(66(54,55)56)33(21-35(31)63-34)47-41-24(2)17-26(4)43(28(41)6)68(60,61)62/h12-21,46,48H,22H2,1-11H3,(H,51,52,53)(H,54,55,56)(H,57,58,59)(H,60,61,62)/b47-33+. The van der Waals surface area contributed by atoms with Gasteiger partial charge in [0.25, 0.3) is 40.5 Å². The van der Waals surface area contributed by atoms with E-state index in [1.807, 2.05) is 20.8 Å². The Morgan fingerprint density at radius 1 is 0.588 bits per heavy atom. The van der Waals surface area contributed by atoms with E-state index in [0.717, 1.165) is 24.3 Å². The summed E-state index contributed by atoms with van der Waals surface area (Å²) in [4.78, 5) is 1.44. The number of sulfonamides is 1. The Bertz CT molecular complexity index is 3740. The van der Waals surface area contributed by atoms with Crippen molar-refractivity contribution in [1.82, 2.24) is 4.72 Å². The van der Waals surface area contributed by atoms with Gasteiger partial charge in [-0.25, -0.2) is 18.1 Å². The van der Waals surface area contributed by atoms with Crippen LogP contribution in [-0.2, 0) is 50.5 Å². The van der Waals surface area contributed by atoms with Gasteiger partial charge >= 0.3 is 0 Å². The Balaban J connectivity index is 1.83. The molecule has 18 nitrogen and oxygen atoms in total. The van der Waals surface area contributed by atoms with Crippen LogP contribution >= 0.6 is 0 Å². The molecule has 0 spiro atoms. The van der Waals surface area contributed by atoms with Crippen molar-refractivity contribution in [3.05, 3.63) is 99.4 Å². The average Bonchev–Trinajstić information content (AvgIpc) is 3.13. The predicted octanol–water partition coefficient (Wildman–Crippen LogP) is 8.51. The number of rotatable bonds is 12. The third-order valence-corrected chi connectivity index (χ3v) is 16.9. The second-order valence-corrected chi connectivity index (χ2v) is 25.8. The molecule has 1 aliphatic heterocycles. The summed E-state index contributed by atoms with van der Waals surface area (Å²) in [6.45, 7) is 17.8. The van der Waals surface area contributed by atoms with Gasteiger partial charge in [0.1, 0.15) is 30.9 Å². The van der Waals surface area contributed by atoms with Crippen molar-refractivity contribution >= 4 is 78.5 Å². The molecule has 366 valence electrons. The van der Waals surface area contributed by atoms with Gasteiger partial charge < -0.3 is 9.73 Å². The third kappa shape index (κ3) is 10.6. The van der Waals surface area contributed by atoms with Gasteiger partial charge in [-0.3, -0.25) is 18.2 Å². The van der Waals surface area contributed by atoms with Gasteiger partial charge in [0.2, 0.25) is 10.0 Å². The summed E-state index contributed by atoms with van der Waals surface area (Å²) in [5, 5.41) is 2.14. The number of nitrogens with zero attached hydrogens (tertiary/aromatic N) is 1. The van der Waals surface area contributed by atoms with Crippen molar-refractivity contribution in [2.45, 2.75) is 113 Å². The number of anilines is 2. The van der Waals surface area contributed by atoms with E-state index in [1.165, 1.54) is 64.1 Å². The molecule has 6 N–H and O–H groups in total. The number of nitrogens with one attached hydrogen (secondary N) is 2. The molecule has 0 aromatic heterocycles. The lowest BCUT2D eigenvalue weighted by Crippen LogP contribution is -2.45. The van der Waals surface area contributed by atoms with Crippen LogP contribution in [-0.4, -0.2) is 65.8 Å². The fraction of sp³-hybridized carbons (Fsp3) is 0.311. The molecule has 1 aliphatic carbocycles. The zero-order valence-corrected chi connectivity index (χ0v) is 42.8. The second-order valence-electron chi connectivity index (χ2n) is 18.7. The maximum Gasteiger partial charge on any atom is 0.296 e. The highest BCUT2D eigenvalue weighted by molar-refractivity contribution is 7.89. The molecule has 0 saturated carbocycles. The molecule has 0 bridgehead atoms. The van der Waals surface area contributed by atoms with E-state index in [9.17, 15) is 60.3 Å². The average molecular weight is 1030 g/mol. The van der Waals surface area contributed by atoms with E-state index in [2.05, 4.69) is 15.0 Å². The summed E-state index contributed by atoms with van der Waals surface area (Å²) >= 11 is 0. The minimum Gasteiger partial charge on any atom is -0.456 e. The van der Waals surface area contributed by atoms with Crippen LogP contribution in [0.1, 0.15) is 74.4 Å². The third-order valence-electron chi connectivity index (χ3n) is 11.1. The van der Waals surface area contributed by atoms with Crippen LogP contribution in [0.25, 0.3) is 33.4 Å². The lowest BCUT2D eigenvalue weighted by molar-refractivity contribution is 0.269. The molecule has 2 aliphatic rings. The van der Waals surface area contributed by atoms with E-state index in [0.29, 0.717) is 17.5 Å². The minimum atomic E-state index is -5.29. The molecular formula is C45H51N3O15S5. The van der Waals surface area contributed by atoms with Crippen molar-refractivity contribution < 1.29 is 64.7 Å². The van der Waals surface area contributed by atoms with Crippen molar-refractivity contribution in [2.24, 2.45) is 10.4 Å². The molecule has 23 heteroatoms. The Morgan fingerprint density at radius 3 is 1.68 bits per heavy atom. The smallest absolute Gasteiger partial charge is 0.296 e. The lowest BCUT2D eigenvalue weighted by Gasteiger charge is -2.33. The molecule has 0 atom stereocenters. The molecule has 6 rings (SSSR count). The summed E-state index contributed by atoms with van der Waals surface area (Å²) in [7, 11) is -24.7. The number of benzene rings is 5. The first-order valence-corrected chi connectivity index (χ1v) is 27.7. The Hall–Kier alpha value is -5.08. The number of aryl methyl sites for hydroxylation is 4. The molecule has 0 fully saturated rings. The summed E-state index contributed by atoms with van der Waals surface area (Å²) in [6, 6.07) is 12.4. The van der Waals surface area contributed by atoms with Crippen molar-refractivity contribution in [1.29, 1.82) is 0 Å². The van der Waals surface area contributed by atoms with Crippen LogP contribution < -0.4 is 15.4 Å². The fourth-order valence-corrected chi connectivity index (χ4v) is 14.1. The van der Waals surface area contributed by atoms with E-state index < -0.39 is 81.0 Å². The maximum atomic E-state index is 14.6. The molecule has 0 saturated heterocycles. The highest BCUT2D eigenvalue weighted by Crippen LogP contribution is 2.46. The SMILES string of the molecule is Cc1cc(C)c(S(=O)(=O)O)c(C)c1/N=c1\cc2oc3cc(Nc4c(C)cc(C)c(S(=O)(=O)O)c4C)c(S(=O)(=O)O)cc3c(-c3ccccc3S(=O)(=O)NC(C)(C)CC(C)(C)C)c-2cc1S(=O)(=O)O. The number of hydrogen-bond donors (Lipinski definition) is 6. The number of fused-ring (bicyclic) bond motifs is 2. The zero-order valence-electron chi connectivity index (χ0n) is 38.7. The Labute approximate surface area is 396 Å². The molecule has 0 radical (unpaired) electrons. The van der Waals surface area contributed by atoms with Gasteiger partial charge in [-0.05, 0) is 119 Å². The van der Waals surface area contributed by atoms with E-state index in [1.54, 1.807) is 27.7 Å². The molecule has 0 unspecified atom stereocenters. The fourth-order valence-electron chi connectivity index (χ4n) is 9.25. The van der Waals surface area contributed by atoms with Crippen LogP contribution in [0.5, 0.6) is 0 Å². The van der Waals surface area contributed by atoms with Gasteiger partial charge in [-0.1, -0.05) is 51.1 Å². The Kier molecular flexibility index (Phi) is 13.4. The largest absolute Gasteiger partial charge is 0.456 e.